The van der Waals surface area contributed by atoms with Crippen molar-refractivity contribution in [2.45, 2.75) is 13.0 Å². The van der Waals surface area contributed by atoms with Gasteiger partial charge >= 0.3 is 0 Å². The summed E-state index contributed by atoms with van der Waals surface area (Å²) in [5.41, 5.74) is 0. The Morgan fingerprint density at radius 2 is 2.45 bits per heavy atom. The Morgan fingerprint density at radius 3 is 3.00 bits per heavy atom. The normalized spacial score (nSPS) is 12.5. The molecule has 11 heavy (non-hydrogen) atoms. The van der Waals surface area contributed by atoms with Gasteiger partial charge in [-0.3, -0.25) is 0 Å². The molecule has 1 N–H and O–H groups in total. The van der Waals surface area contributed by atoms with Crippen molar-refractivity contribution in [3.8, 4) is 5.88 Å². The minimum atomic E-state index is -0.447. The molecule has 1 heterocycles. The monoisotopic (exact) mass is 153 g/mol. The van der Waals surface area contributed by atoms with Crippen molar-refractivity contribution in [2.24, 2.45) is 0 Å². The molecule has 60 valence electrons. The molecule has 0 fully saturated rings. The van der Waals surface area contributed by atoms with Gasteiger partial charge in [-0.2, -0.15) is 0 Å². The van der Waals surface area contributed by atoms with E-state index in [2.05, 4.69) is 4.98 Å². The second-order valence-corrected chi connectivity index (χ2v) is 2.33. The Hall–Kier alpha value is -1.09. The number of aliphatic hydroxyl groups is 1. The van der Waals surface area contributed by atoms with E-state index in [0.717, 1.165) is 0 Å². The first-order chi connectivity index (χ1) is 5.29. The van der Waals surface area contributed by atoms with Gasteiger partial charge in [-0.05, 0) is 13.0 Å². The number of hydrogen-bond acceptors (Lipinski definition) is 3. The summed E-state index contributed by atoms with van der Waals surface area (Å²) < 4.78 is 5.11. The maximum atomic E-state index is 8.86. The lowest BCUT2D eigenvalue weighted by Gasteiger charge is -2.05. The van der Waals surface area contributed by atoms with Crippen LogP contribution in [-0.2, 0) is 0 Å². The molecule has 1 aromatic heterocycles. The van der Waals surface area contributed by atoms with Gasteiger partial charge in [0.1, 0.15) is 6.61 Å². The van der Waals surface area contributed by atoms with Crippen LogP contribution < -0.4 is 4.74 Å². The molecule has 0 aliphatic rings. The number of rotatable bonds is 3. The minimum Gasteiger partial charge on any atom is -0.475 e. The van der Waals surface area contributed by atoms with Crippen molar-refractivity contribution >= 4 is 0 Å². The van der Waals surface area contributed by atoms with Gasteiger partial charge in [-0.1, -0.05) is 6.07 Å². The molecule has 1 atom stereocenters. The van der Waals surface area contributed by atoms with Gasteiger partial charge in [0.15, 0.2) is 0 Å². The number of pyridine rings is 1. The van der Waals surface area contributed by atoms with Crippen LogP contribution in [0.15, 0.2) is 24.4 Å². The fourth-order valence-corrected chi connectivity index (χ4v) is 0.638. The fourth-order valence-electron chi connectivity index (χ4n) is 0.638. The van der Waals surface area contributed by atoms with E-state index in [-0.39, 0.29) is 6.61 Å². The molecule has 0 aliphatic carbocycles. The lowest BCUT2D eigenvalue weighted by Crippen LogP contribution is -2.13. The van der Waals surface area contributed by atoms with Crippen molar-refractivity contribution in [1.82, 2.24) is 4.98 Å². The number of nitrogens with zero attached hydrogens (tertiary/aromatic N) is 1. The molecule has 3 heteroatoms. The predicted octanol–water partition coefficient (Wildman–Crippen LogP) is 0.841. The minimum absolute atomic E-state index is 0.289. The fraction of sp³-hybridized carbons (Fsp3) is 0.375. The first kappa shape index (κ1) is 8.01. The molecule has 0 aromatic carbocycles. The summed E-state index contributed by atoms with van der Waals surface area (Å²) >= 11 is 0. The highest BCUT2D eigenvalue weighted by atomic mass is 16.5. The van der Waals surface area contributed by atoms with Gasteiger partial charge in [0, 0.05) is 12.3 Å². The molecule has 3 nitrogen and oxygen atoms in total. The third-order valence-electron chi connectivity index (χ3n) is 1.11. The van der Waals surface area contributed by atoms with Gasteiger partial charge in [-0.15, -0.1) is 0 Å². The van der Waals surface area contributed by atoms with Crippen molar-refractivity contribution in [1.29, 1.82) is 0 Å². The highest BCUT2D eigenvalue weighted by Crippen LogP contribution is 2.02. The maximum absolute atomic E-state index is 8.86. The van der Waals surface area contributed by atoms with Crippen molar-refractivity contribution < 1.29 is 9.84 Å². The van der Waals surface area contributed by atoms with E-state index in [1.165, 1.54) is 0 Å². The van der Waals surface area contributed by atoms with Crippen molar-refractivity contribution in [3.63, 3.8) is 0 Å². The maximum Gasteiger partial charge on any atom is 0.213 e. The van der Waals surface area contributed by atoms with E-state index in [0.29, 0.717) is 5.88 Å². The SMILES string of the molecule is CC(O)COc1ccccn1. The largest absolute Gasteiger partial charge is 0.475 e. The Labute approximate surface area is 65.7 Å². The molecular weight excluding hydrogens is 142 g/mol. The molecule has 0 amide bonds. The van der Waals surface area contributed by atoms with Crippen LogP contribution >= 0.6 is 0 Å². The molecule has 1 rings (SSSR count). The van der Waals surface area contributed by atoms with E-state index in [9.17, 15) is 0 Å². The second-order valence-electron chi connectivity index (χ2n) is 2.33. The zero-order chi connectivity index (χ0) is 8.10. The Morgan fingerprint density at radius 1 is 1.64 bits per heavy atom. The van der Waals surface area contributed by atoms with Gasteiger partial charge < -0.3 is 9.84 Å². The molecule has 0 saturated carbocycles. The number of aliphatic hydroxyl groups excluding tert-OH is 1. The van der Waals surface area contributed by atoms with Gasteiger partial charge in [0.05, 0.1) is 6.10 Å². The van der Waals surface area contributed by atoms with Crippen LogP contribution in [0.25, 0.3) is 0 Å². The van der Waals surface area contributed by atoms with Crippen LogP contribution in [0.3, 0.4) is 0 Å². The topological polar surface area (TPSA) is 42.4 Å². The van der Waals surface area contributed by atoms with Gasteiger partial charge in [0.2, 0.25) is 5.88 Å². The lowest BCUT2D eigenvalue weighted by molar-refractivity contribution is 0.120. The predicted molar refractivity (Wildman–Crippen MR) is 41.4 cm³/mol. The number of ether oxygens (including phenoxy) is 1. The zero-order valence-corrected chi connectivity index (χ0v) is 6.40. The molecular formula is C8H11NO2. The van der Waals surface area contributed by atoms with E-state index >= 15 is 0 Å². The van der Waals surface area contributed by atoms with Crippen LogP contribution in [0, 0.1) is 0 Å². The quantitative estimate of drug-likeness (QED) is 0.699. The summed E-state index contributed by atoms with van der Waals surface area (Å²) in [5.74, 6) is 0.549. The Bertz CT molecular complexity index is 199. The van der Waals surface area contributed by atoms with Crippen LogP contribution in [-0.4, -0.2) is 22.8 Å². The summed E-state index contributed by atoms with van der Waals surface area (Å²) in [6.45, 7) is 1.96. The second kappa shape index (κ2) is 3.93. The zero-order valence-electron chi connectivity index (χ0n) is 6.40. The third-order valence-corrected chi connectivity index (χ3v) is 1.11. The van der Waals surface area contributed by atoms with Crippen LogP contribution in [0.4, 0.5) is 0 Å². The summed E-state index contributed by atoms with van der Waals surface area (Å²) in [7, 11) is 0. The molecule has 0 radical (unpaired) electrons. The van der Waals surface area contributed by atoms with Gasteiger partial charge in [-0.25, -0.2) is 4.98 Å². The number of aromatic nitrogens is 1. The van der Waals surface area contributed by atoms with Gasteiger partial charge in [0.25, 0.3) is 0 Å². The highest BCUT2D eigenvalue weighted by molar-refractivity contribution is 5.08. The first-order valence-electron chi connectivity index (χ1n) is 3.51. The van der Waals surface area contributed by atoms with E-state index in [4.69, 9.17) is 9.84 Å². The molecule has 0 saturated heterocycles. The molecule has 0 aliphatic heterocycles. The van der Waals surface area contributed by atoms with Crippen LogP contribution in [0.2, 0.25) is 0 Å². The van der Waals surface area contributed by atoms with E-state index in [1.54, 1.807) is 19.2 Å². The Kier molecular flexibility index (Phi) is 2.86. The number of hydrogen-bond donors (Lipinski definition) is 1. The lowest BCUT2D eigenvalue weighted by atomic mass is 10.4. The average Bonchev–Trinajstić information content (AvgIpc) is 2.03. The van der Waals surface area contributed by atoms with E-state index < -0.39 is 6.10 Å². The standard InChI is InChI=1S/C8H11NO2/c1-7(10)6-11-8-4-2-3-5-9-8/h2-5,7,10H,6H2,1H3. The average molecular weight is 153 g/mol. The summed E-state index contributed by atoms with van der Waals surface area (Å²) in [4.78, 5) is 3.92. The van der Waals surface area contributed by atoms with Crippen molar-refractivity contribution in [3.05, 3.63) is 24.4 Å². The van der Waals surface area contributed by atoms with Crippen molar-refractivity contribution in [2.75, 3.05) is 6.61 Å². The van der Waals surface area contributed by atoms with Crippen LogP contribution in [0.1, 0.15) is 6.92 Å². The molecule has 1 unspecified atom stereocenters. The van der Waals surface area contributed by atoms with Crippen LogP contribution in [0.5, 0.6) is 5.88 Å². The third kappa shape index (κ3) is 3.00. The summed E-state index contributed by atoms with van der Waals surface area (Å²) in [6.07, 6.45) is 1.20. The Balaban J connectivity index is 2.39. The molecule has 1 aromatic rings. The summed E-state index contributed by atoms with van der Waals surface area (Å²) in [6, 6.07) is 5.40. The molecule has 0 bridgehead atoms. The molecule has 0 spiro atoms. The first-order valence-corrected chi connectivity index (χ1v) is 3.51. The smallest absolute Gasteiger partial charge is 0.213 e. The van der Waals surface area contributed by atoms with E-state index in [1.807, 2.05) is 12.1 Å². The summed E-state index contributed by atoms with van der Waals surface area (Å²) in [5, 5.41) is 8.86. The highest BCUT2D eigenvalue weighted by Gasteiger charge is 1.96.